The van der Waals surface area contributed by atoms with E-state index in [0.717, 1.165) is 5.69 Å². The fourth-order valence-electron chi connectivity index (χ4n) is 1.44. The van der Waals surface area contributed by atoms with Gasteiger partial charge in [-0.2, -0.15) is 0 Å². The van der Waals surface area contributed by atoms with E-state index in [1.54, 1.807) is 13.0 Å². The van der Waals surface area contributed by atoms with Gasteiger partial charge in [-0.15, -0.1) is 0 Å². The largest absolute Gasteiger partial charge is 0.493 e. The molecule has 0 aliphatic carbocycles. The Morgan fingerprint density at radius 2 is 2.06 bits per heavy atom. The molecule has 4 nitrogen and oxygen atoms in total. The van der Waals surface area contributed by atoms with Gasteiger partial charge in [0.25, 0.3) is 0 Å². The maximum atomic E-state index is 11.9. The van der Waals surface area contributed by atoms with Crippen molar-refractivity contribution in [3.8, 4) is 5.75 Å². The zero-order valence-electron chi connectivity index (χ0n) is 11.3. The van der Waals surface area contributed by atoms with Crippen LogP contribution in [0.4, 0.5) is 0 Å². The van der Waals surface area contributed by atoms with Crippen molar-refractivity contribution in [1.29, 1.82) is 0 Å². The van der Waals surface area contributed by atoms with Crippen molar-refractivity contribution in [2.45, 2.75) is 33.1 Å². The molecule has 0 bridgehead atoms. The molecule has 0 saturated carbocycles. The van der Waals surface area contributed by atoms with Crippen LogP contribution in [0.15, 0.2) is 10.7 Å². The minimum absolute atomic E-state index is 0.157. The lowest BCUT2D eigenvalue weighted by atomic mass is 9.91. The summed E-state index contributed by atoms with van der Waals surface area (Å²) in [5.74, 6) is 0.00407. The summed E-state index contributed by atoms with van der Waals surface area (Å²) < 4.78 is 10.7. The number of ether oxygens (including phenoxy) is 2. The van der Waals surface area contributed by atoms with Crippen molar-refractivity contribution in [1.82, 2.24) is 4.98 Å². The van der Waals surface area contributed by atoms with Crippen LogP contribution in [0.2, 0.25) is 0 Å². The van der Waals surface area contributed by atoms with E-state index in [0.29, 0.717) is 22.5 Å². The van der Waals surface area contributed by atoms with Crippen LogP contribution in [0.3, 0.4) is 0 Å². The Morgan fingerprint density at radius 3 is 2.50 bits per heavy atom. The molecule has 0 radical (unpaired) electrons. The Balaban J connectivity index is 3.37. The molecular formula is C13H18BrNO3. The summed E-state index contributed by atoms with van der Waals surface area (Å²) in [6.07, 6.45) is 0. The topological polar surface area (TPSA) is 48.4 Å². The lowest BCUT2D eigenvalue weighted by molar-refractivity contribution is 0.0522. The second-order valence-electron chi connectivity index (χ2n) is 4.85. The number of hydrogen-bond acceptors (Lipinski definition) is 4. The fraction of sp³-hybridized carbons (Fsp3) is 0.538. The molecule has 0 N–H and O–H groups in total. The number of carbonyl (C=O) groups excluding carboxylic acids is 1. The molecule has 0 amide bonds. The van der Waals surface area contributed by atoms with E-state index < -0.39 is 5.97 Å². The zero-order valence-corrected chi connectivity index (χ0v) is 12.9. The SMILES string of the molecule is CCOC(=O)c1cc(C(C)(C)C)nc(Br)c1OC. The number of rotatable bonds is 3. The Morgan fingerprint density at radius 1 is 1.44 bits per heavy atom. The first kappa shape index (κ1) is 15.0. The minimum Gasteiger partial charge on any atom is -0.493 e. The molecule has 1 aromatic rings. The molecular weight excluding hydrogens is 298 g/mol. The Hall–Kier alpha value is -1.10. The van der Waals surface area contributed by atoms with Crippen LogP contribution in [0.1, 0.15) is 43.7 Å². The van der Waals surface area contributed by atoms with E-state index >= 15 is 0 Å². The molecule has 0 saturated heterocycles. The second kappa shape index (κ2) is 5.69. The maximum absolute atomic E-state index is 11.9. The molecule has 0 atom stereocenters. The van der Waals surface area contributed by atoms with Gasteiger partial charge in [0.1, 0.15) is 10.2 Å². The second-order valence-corrected chi connectivity index (χ2v) is 5.60. The van der Waals surface area contributed by atoms with Gasteiger partial charge in [0, 0.05) is 11.1 Å². The van der Waals surface area contributed by atoms with E-state index in [1.165, 1.54) is 7.11 Å². The molecule has 0 unspecified atom stereocenters. The van der Waals surface area contributed by atoms with Crippen LogP contribution >= 0.6 is 15.9 Å². The Labute approximate surface area is 116 Å². The third-order valence-corrected chi connectivity index (χ3v) is 2.94. The average molecular weight is 316 g/mol. The van der Waals surface area contributed by atoms with Gasteiger partial charge < -0.3 is 9.47 Å². The van der Waals surface area contributed by atoms with Gasteiger partial charge in [0.15, 0.2) is 5.75 Å². The number of hydrogen-bond donors (Lipinski definition) is 0. The predicted octanol–water partition coefficient (Wildman–Crippen LogP) is 3.33. The molecule has 1 heterocycles. The van der Waals surface area contributed by atoms with Gasteiger partial charge in [-0.25, -0.2) is 9.78 Å². The van der Waals surface area contributed by atoms with Gasteiger partial charge in [-0.1, -0.05) is 20.8 Å². The number of halogens is 1. The Kier molecular flexibility index (Phi) is 4.73. The van der Waals surface area contributed by atoms with Crippen LogP contribution in [-0.4, -0.2) is 24.7 Å². The van der Waals surface area contributed by atoms with E-state index in [2.05, 4.69) is 20.9 Å². The van der Waals surface area contributed by atoms with Crippen LogP contribution in [0.5, 0.6) is 5.75 Å². The molecule has 1 rings (SSSR count). The van der Waals surface area contributed by atoms with Gasteiger partial charge in [0.05, 0.1) is 13.7 Å². The smallest absolute Gasteiger partial charge is 0.342 e. The highest BCUT2D eigenvalue weighted by Gasteiger charge is 2.24. The number of carbonyl (C=O) groups is 1. The van der Waals surface area contributed by atoms with E-state index in [-0.39, 0.29) is 5.41 Å². The number of pyridine rings is 1. The molecule has 1 aromatic heterocycles. The third kappa shape index (κ3) is 3.22. The van der Waals surface area contributed by atoms with Crippen LogP contribution in [0.25, 0.3) is 0 Å². The molecule has 5 heteroatoms. The van der Waals surface area contributed by atoms with Gasteiger partial charge in [0.2, 0.25) is 0 Å². The molecule has 100 valence electrons. The van der Waals surface area contributed by atoms with E-state index in [9.17, 15) is 4.79 Å². The maximum Gasteiger partial charge on any atom is 0.342 e. The number of nitrogens with zero attached hydrogens (tertiary/aromatic N) is 1. The first-order valence-corrected chi connectivity index (χ1v) is 6.52. The highest BCUT2D eigenvalue weighted by Crippen LogP contribution is 2.32. The number of aromatic nitrogens is 1. The summed E-state index contributed by atoms with van der Waals surface area (Å²) in [6, 6.07) is 1.72. The summed E-state index contributed by atoms with van der Waals surface area (Å²) in [5, 5.41) is 0. The number of methoxy groups -OCH3 is 1. The van der Waals surface area contributed by atoms with Crippen LogP contribution in [0, 0.1) is 0 Å². The van der Waals surface area contributed by atoms with Crippen molar-refractivity contribution in [2.75, 3.05) is 13.7 Å². The van der Waals surface area contributed by atoms with Crippen molar-refractivity contribution in [3.63, 3.8) is 0 Å². The average Bonchev–Trinajstić information content (AvgIpc) is 2.27. The summed E-state index contributed by atoms with van der Waals surface area (Å²) >= 11 is 3.33. The van der Waals surface area contributed by atoms with Crippen LogP contribution < -0.4 is 4.74 Å². The predicted molar refractivity (Wildman–Crippen MR) is 73.1 cm³/mol. The zero-order chi connectivity index (χ0) is 13.9. The Bertz CT molecular complexity index is 452. The molecule has 0 fully saturated rings. The molecule has 0 aliphatic heterocycles. The van der Waals surface area contributed by atoms with Crippen molar-refractivity contribution in [3.05, 3.63) is 21.9 Å². The van der Waals surface area contributed by atoms with Gasteiger partial charge in [-0.3, -0.25) is 0 Å². The normalized spacial score (nSPS) is 11.2. The van der Waals surface area contributed by atoms with Crippen molar-refractivity contribution >= 4 is 21.9 Å². The first-order chi connectivity index (χ1) is 8.31. The lowest BCUT2D eigenvalue weighted by Gasteiger charge is -2.20. The molecule has 0 aliphatic rings. The monoisotopic (exact) mass is 315 g/mol. The van der Waals surface area contributed by atoms with Crippen LogP contribution in [-0.2, 0) is 10.2 Å². The summed E-state index contributed by atoms with van der Waals surface area (Å²) in [6.45, 7) is 8.19. The fourth-order valence-corrected chi connectivity index (χ4v) is 2.01. The highest BCUT2D eigenvalue weighted by atomic mass is 79.9. The molecule has 0 spiro atoms. The lowest BCUT2D eigenvalue weighted by Crippen LogP contribution is -2.17. The molecule has 0 aromatic carbocycles. The highest BCUT2D eigenvalue weighted by molar-refractivity contribution is 9.10. The van der Waals surface area contributed by atoms with Gasteiger partial charge >= 0.3 is 5.97 Å². The van der Waals surface area contributed by atoms with Gasteiger partial charge in [-0.05, 0) is 28.9 Å². The first-order valence-electron chi connectivity index (χ1n) is 5.73. The standard InChI is InChI=1S/C13H18BrNO3/c1-6-18-12(16)8-7-9(13(2,3)4)15-11(14)10(8)17-5/h7H,6H2,1-5H3. The van der Waals surface area contributed by atoms with Crippen molar-refractivity contribution in [2.24, 2.45) is 0 Å². The van der Waals surface area contributed by atoms with Crippen molar-refractivity contribution < 1.29 is 14.3 Å². The number of esters is 1. The summed E-state index contributed by atoms with van der Waals surface area (Å²) in [4.78, 5) is 16.3. The van der Waals surface area contributed by atoms with E-state index in [1.807, 2.05) is 20.8 Å². The van der Waals surface area contributed by atoms with E-state index in [4.69, 9.17) is 9.47 Å². The summed E-state index contributed by atoms with van der Waals surface area (Å²) in [5.41, 5.74) is 1.04. The minimum atomic E-state index is -0.400. The quantitative estimate of drug-likeness (QED) is 0.634. The third-order valence-electron chi connectivity index (χ3n) is 2.40. The summed E-state index contributed by atoms with van der Waals surface area (Å²) in [7, 11) is 1.50. The molecule has 18 heavy (non-hydrogen) atoms.